The maximum absolute atomic E-state index is 13.2. The second-order valence-electron chi connectivity index (χ2n) is 13.0. The summed E-state index contributed by atoms with van der Waals surface area (Å²) in [4.78, 5) is 46.4. The highest BCUT2D eigenvalue weighted by Crippen LogP contribution is 2.38. The number of hydrogen-bond acceptors (Lipinski definition) is 6. The molecule has 1 fully saturated rings. The van der Waals surface area contributed by atoms with E-state index < -0.39 is 6.04 Å². The van der Waals surface area contributed by atoms with Gasteiger partial charge in [-0.05, 0) is 54.4 Å². The van der Waals surface area contributed by atoms with Gasteiger partial charge in [0.2, 0.25) is 11.8 Å². The summed E-state index contributed by atoms with van der Waals surface area (Å²) < 4.78 is 0. The maximum atomic E-state index is 13.2. The van der Waals surface area contributed by atoms with E-state index >= 15 is 0 Å². The summed E-state index contributed by atoms with van der Waals surface area (Å²) in [7, 11) is 3.81. The Kier molecular flexibility index (Phi) is 10.1. The lowest BCUT2D eigenvalue weighted by Gasteiger charge is -2.25. The van der Waals surface area contributed by atoms with Crippen molar-refractivity contribution >= 4 is 23.6 Å². The van der Waals surface area contributed by atoms with Crippen LogP contribution in [0.3, 0.4) is 0 Å². The van der Waals surface area contributed by atoms with E-state index in [1.807, 2.05) is 104 Å². The van der Waals surface area contributed by atoms with E-state index in [1.54, 1.807) is 11.8 Å². The Labute approximate surface area is 302 Å². The highest BCUT2D eigenvalue weighted by Gasteiger charge is 2.32. The van der Waals surface area contributed by atoms with Crippen molar-refractivity contribution in [2.75, 3.05) is 26.4 Å². The Morgan fingerprint density at radius 1 is 0.804 bits per heavy atom. The molecule has 1 aliphatic rings. The molecule has 51 heavy (non-hydrogen) atoms. The van der Waals surface area contributed by atoms with E-state index in [0.717, 1.165) is 62.9 Å². The number of aromatic nitrogens is 4. The van der Waals surface area contributed by atoms with Gasteiger partial charge in [-0.1, -0.05) is 109 Å². The summed E-state index contributed by atoms with van der Waals surface area (Å²) >= 11 is 1.74. The van der Waals surface area contributed by atoms with Gasteiger partial charge in [-0.3, -0.25) is 14.5 Å². The fourth-order valence-corrected chi connectivity index (χ4v) is 7.71. The number of hydrogen-bond donors (Lipinski definition) is 3. The van der Waals surface area contributed by atoms with E-state index in [4.69, 9.17) is 0 Å². The molecule has 0 saturated carbocycles. The van der Waals surface area contributed by atoms with Gasteiger partial charge >= 0.3 is 0 Å². The molecule has 2 amide bonds. The molecular formula is C41H41N7O2S. The summed E-state index contributed by atoms with van der Waals surface area (Å²) in [5.41, 5.74) is 8.01. The van der Waals surface area contributed by atoms with Gasteiger partial charge in [0.15, 0.2) is 0 Å². The van der Waals surface area contributed by atoms with Gasteiger partial charge in [0.25, 0.3) is 0 Å². The number of nitrogens with one attached hydrogen (secondary N) is 3. The van der Waals surface area contributed by atoms with Crippen molar-refractivity contribution in [1.29, 1.82) is 0 Å². The van der Waals surface area contributed by atoms with Crippen LogP contribution in [0.15, 0.2) is 122 Å². The summed E-state index contributed by atoms with van der Waals surface area (Å²) in [6.07, 6.45) is 4.05. The molecule has 6 aromatic rings. The minimum absolute atomic E-state index is 0.0783. The van der Waals surface area contributed by atoms with E-state index in [0.29, 0.717) is 12.2 Å². The number of imidazole rings is 2. The number of aromatic amines is 2. The van der Waals surface area contributed by atoms with Crippen LogP contribution in [0.25, 0.3) is 33.6 Å². The molecule has 0 aliphatic carbocycles. The van der Waals surface area contributed by atoms with Crippen molar-refractivity contribution in [3.05, 3.63) is 144 Å². The zero-order valence-electron chi connectivity index (χ0n) is 28.9. The Morgan fingerprint density at radius 3 is 2.00 bits per heavy atom. The summed E-state index contributed by atoms with van der Waals surface area (Å²) in [5, 5.41) is 3.01. The van der Waals surface area contributed by atoms with Crippen LogP contribution in [0.1, 0.15) is 47.2 Å². The average Bonchev–Trinajstić information content (AvgIpc) is 3.94. The van der Waals surface area contributed by atoms with Gasteiger partial charge in [0, 0.05) is 12.3 Å². The zero-order valence-corrected chi connectivity index (χ0v) is 29.7. The molecular weight excluding hydrogens is 655 g/mol. The summed E-state index contributed by atoms with van der Waals surface area (Å²) in [6, 6.07) is 35.7. The highest BCUT2D eigenvalue weighted by atomic mass is 32.2. The third-order valence-electron chi connectivity index (χ3n) is 9.21. The lowest BCUT2D eigenvalue weighted by atomic mass is 10.0. The molecule has 0 bridgehead atoms. The fraction of sp³-hybridized carbons (Fsp3) is 0.220. The number of amides is 2. The molecule has 1 saturated heterocycles. The number of carbonyl (C=O) groups is 2. The number of thioether (sulfide) groups is 1. The molecule has 2 aromatic heterocycles. The van der Waals surface area contributed by atoms with Crippen LogP contribution < -0.4 is 5.32 Å². The topological polar surface area (TPSA) is 110 Å². The first-order valence-corrected chi connectivity index (χ1v) is 18.2. The number of likely N-dealkylation sites (N-methyl/N-ethyl adjacent to an activating group) is 1. The van der Waals surface area contributed by atoms with Crippen LogP contribution in [0.2, 0.25) is 0 Å². The van der Waals surface area contributed by atoms with E-state index in [1.165, 1.54) is 0 Å². The second kappa shape index (κ2) is 15.2. The van der Waals surface area contributed by atoms with E-state index in [9.17, 15) is 9.59 Å². The normalized spacial score (nSPS) is 15.5. The number of nitrogens with zero attached hydrogens (tertiary/aromatic N) is 4. The number of H-pyrrole nitrogens is 2. The van der Waals surface area contributed by atoms with Crippen molar-refractivity contribution in [2.45, 2.75) is 30.8 Å². The van der Waals surface area contributed by atoms with Crippen molar-refractivity contribution in [3.8, 4) is 33.6 Å². The predicted molar refractivity (Wildman–Crippen MR) is 204 cm³/mol. The van der Waals surface area contributed by atoms with Gasteiger partial charge in [-0.15, -0.1) is 11.8 Å². The standard InChI is InChI=1S/C41H41N7O2S/c1-27(44-40(50)37(47(2)3)33-12-8-5-9-13-33)38-42-25-34(45-38)31-18-14-29(15-19-31)30-16-20-32(21-17-30)35-26-43-39(46-35)41-48(22-23-51-41)36(49)24-28-10-6-4-7-11-28/h4-21,25-27,37,41H,22-24H2,1-3H3,(H,42,45)(H,43,46)(H,44,50)/t27-,37+,41-/m0/s1. The molecule has 0 unspecified atom stereocenters. The van der Waals surface area contributed by atoms with Gasteiger partial charge in [-0.2, -0.15) is 0 Å². The van der Waals surface area contributed by atoms with Crippen molar-refractivity contribution in [1.82, 2.24) is 35.1 Å². The Morgan fingerprint density at radius 2 is 1.37 bits per heavy atom. The quantitative estimate of drug-likeness (QED) is 0.130. The van der Waals surface area contributed by atoms with Gasteiger partial charge in [0.05, 0.1) is 36.2 Å². The fourth-order valence-electron chi connectivity index (χ4n) is 6.50. The molecule has 7 rings (SSSR count). The lowest BCUT2D eigenvalue weighted by Crippen LogP contribution is -2.38. The van der Waals surface area contributed by atoms with Gasteiger partial charge in [-0.25, -0.2) is 9.97 Å². The minimum atomic E-state index is -0.397. The summed E-state index contributed by atoms with van der Waals surface area (Å²) in [5.74, 6) is 2.43. The maximum Gasteiger partial charge on any atom is 0.242 e. The first-order chi connectivity index (χ1) is 24.8. The van der Waals surface area contributed by atoms with E-state index in [-0.39, 0.29) is 23.2 Å². The summed E-state index contributed by atoms with van der Waals surface area (Å²) in [6.45, 7) is 2.65. The highest BCUT2D eigenvalue weighted by molar-refractivity contribution is 7.99. The van der Waals surface area contributed by atoms with Gasteiger partial charge in [0.1, 0.15) is 23.1 Å². The first kappa shape index (κ1) is 34.0. The predicted octanol–water partition coefficient (Wildman–Crippen LogP) is 7.43. The zero-order chi connectivity index (χ0) is 35.3. The molecule has 0 radical (unpaired) electrons. The lowest BCUT2D eigenvalue weighted by molar-refractivity contribution is -0.130. The van der Waals surface area contributed by atoms with E-state index in [2.05, 4.69) is 73.8 Å². The molecule has 4 aromatic carbocycles. The molecule has 9 nitrogen and oxygen atoms in total. The number of rotatable bonds is 11. The molecule has 258 valence electrons. The molecule has 3 heterocycles. The SMILES string of the molecule is C[C@H](NC(=O)[C@@H](c1ccccc1)N(C)C)c1ncc(-c2ccc(-c3ccc(-c4cnc([C@@H]5SCCN5C(=O)Cc5ccccc5)[nH]4)cc3)cc2)[nH]1. The molecule has 3 atom stereocenters. The molecule has 3 N–H and O–H groups in total. The Hall–Kier alpha value is -5.45. The molecule has 0 spiro atoms. The third-order valence-corrected chi connectivity index (χ3v) is 10.4. The number of benzene rings is 4. The van der Waals surface area contributed by atoms with Crippen LogP contribution in [0.5, 0.6) is 0 Å². The van der Waals surface area contributed by atoms with Crippen LogP contribution >= 0.6 is 11.8 Å². The Balaban J connectivity index is 0.978. The molecule has 10 heteroatoms. The Bertz CT molecular complexity index is 2080. The van der Waals surface area contributed by atoms with Crippen molar-refractivity contribution < 1.29 is 9.59 Å². The van der Waals surface area contributed by atoms with Crippen LogP contribution in [0.4, 0.5) is 0 Å². The van der Waals surface area contributed by atoms with Crippen molar-refractivity contribution in [2.24, 2.45) is 0 Å². The van der Waals surface area contributed by atoms with Crippen LogP contribution in [-0.2, 0) is 16.0 Å². The smallest absolute Gasteiger partial charge is 0.242 e. The third kappa shape index (κ3) is 7.67. The molecule has 1 aliphatic heterocycles. The minimum Gasteiger partial charge on any atom is -0.345 e. The number of carbonyl (C=O) groups excluding carboxylic acids is 2. The van der Waals surface area contributed by atoms with Gasteiger partial charge < -0.3 is 20.2 Å². The van der Waals surface area contributed by atoms with Crippen LogP contribution in [-0.4, -0.2) is 67.9 Å². The van der Waals surface area contributed by atoms with Crippen LogP contribution in [0, 0.1) is 0 Å². The first-order valence-electron chi connectivity index (χ1n) is 17.1. The second-order valence-corrected chi connectivity index (χ2v) is 14.2. The monoisotopic (exact) mass is 695 g/mol. The average molecular weight is 696 g/mol. The largest absolute Gasteiger partial charge is 0.345 e. The van der Waals surface area contributed by atoms with Crippen molar-refractivity contribution in [3.63, 3.8) is 0 Å².